The zero-order chi connectivity index (χ0) is 17.5. The molecule has 1 amide bonds. The van der Waals surface area contributed by atoms with Crippen LogP contribution in [0.5, 0.6) is 0 Å². The predicted molar refractivity (Wildman–Crippen MR) is 107 cm³/mol. The molecule has 3 rings (SSSR count). The highest BCUT2D eigenvalue weighted by Gasteiger charge is 2.06. The highest BCUT2D eigenvalue weighted by molar-refractivity contribution is 8.01. The number of aromatic nitrogens is 1. The van der Waals surface area contributed by atoms with Gasteiger partial charge in [-0.3, -0.25) is 4.79 Å². The Morgan fingerprint density at radius 3 is 2.76 bits per heavy atom. The second-order valence-electron chi connectivity index (χ2n) is 4.97. The number of carbonyl (C=O) groups is 1. The lowest BCUT2D eigenvalue weighted by molar-refractivity contribution is -0.118. The molecule has 0 saturated heterocycles. The summed E-state index contributed by atoms with van der Waals surface area (Å²) in [4.78, 5) is 16.3. The third kappa shape index (κ3) is 5.42. The molecule has 0 radical (unpaired) electrons. The molecule has 0 atom stereocenters. The Kier molecular flexibility index (Phi) is 6.22. The number of thioether (sulfide) groups is 1. The average molecular weight is 388 g/mol. The Balaban J connectivity index is 1.48. The molecule has 25 heavy (non-hydrogen) atoms. The number of fused-ring (bicyclic) bond motifs is 1. The maximum absolute atomic E-state index is 11.8. The highest BCUT2D eigenvalue weighted by Crippen LogP contribution is 2.28. The molecule has 0 bridgehead atoms. The second kappa shape index (κ2) is 8.80. The molecule has 0 spiro atoms. The van der Waals surface area contributed by atoms with Crippen LogP contribution < -0.4 is 5.43 Å². The molecule has 126 valence electrons. The van der Waals surface area contributed by atoms with Crippen LogP contribution in [0.15, 0.2) is 69.1 Å². The van der Waals surface area contributed by atoms with Crippen molar-refractivity contribution in [2.75, 3.05) is 5.75 Å². The number of thiazole rings is 1. The van der Waals surface area contributed by atoms with Gasteiger partial charge in [-0.25, -0.2) is 10.4 Å². The number of amides is 1. The predicted octanol–water partition coefficient (Wildman–Crippen LogP) is 4.77. The number of allylic oxidation sites excluding steroid dienone is 1. The van der Waals surface area contributed by atoms with E-state index in [4.69, 9.17) is 11.6 Å². The molecule has 1 aromatic heterocycles. The fourth-order valence-corrected chi connectivity index (χ4v) is 4.02. The van der Waals surface area contributed by atoms with Crippen LogP contribution in [0, 0.1) is 0 Å². The molecule has 0 fully saturated rings. The van der Waals surface area contributed by atoms with Crippen molar-refractivity contribution in [3.8, 4) is 0 Å². The van der Waals surface area contributed by atoms with E-state index in [1.165, 1.54) is 18.0 Å². The first-order valence-electron chi connectivity index (χ1n) is 7.43. The Bertz CT molecular complexity index is 889. The number of rotatable bonds is 6. The monoisotopic (exact) mass is 387 g/mol. The van der Waals surface area contributed by atoms with Crippen molar-refractivity contribution in [3.05, 3.63) is 65.2 Å². The number of carbonyl (C=O) groups excluding carboxylic acids is 1. The zero-order valence-electron chi connectivity index (χ0n) is 13.1. The topological polar surface area (TPSA) is 54.4 Å². The fourth-order valence-electron chi connectivity index (χ4n) is 1.98. The SMILES string of the molecule is O=C(CSc1nc2ccccc2s1)NN=CC(Cl)=Cc1ccccc1. The summed E-state index contributed by atoms with van der Waals surface area (Å²) in [5, 5.41) is 4.30. The van der Waals surface area contributed by atoms with Gasteiger partial charge in [0.2, 0.25) is 0 Å². The van der Waals surface area contributed by atoms with E-state index in [0.29, 0.717) is 5.03 Å². The van der Waals surface area contributed by atoms with Crippen LogP contribution in [-0.4, -0.2) is 22.9 Å². The maximum atomic E-state index is 11.8. The van der Waals surface area contributed by atoms with E-state index in [0.717, 1.165) is 20.1 Å². The molecule has 0 unspecified atom stereocenters. The van der Waals surface area contributed by atoms with Crippen molar-refractivity contribution in [3.63, 3.8) is 0 Å². The van der Waals surface area contributed by atoms with Crippen molar-refractivity contribution >= 4 is 63.1 Å². The number of nitrogens with one attached hydrogen (secondary N) is 1. The molecule has 0 aliphatic carbocycles. The van der Waals surface area contributed by atoms with Crippen molar-refractivity contribution in [2.24, 2.45) is 5.10 Å². The van der Waals surface area contributed by atoms with Gasteiger partial charge in [0.05, 0.1) is 27.2 Å². The number of halogens is 1. The first-order chi connectivity index (χ1) is 12.2. The number of para-hydroxylation sites is 1. The summed E-state index contributed by atoms with van der Waals surface area (Å²) >= 11 is 9.03. The van der Waals surface area contributed by atoms with Crippen LogP contribution in [0.25, 0.3) is 16.3 Å². The van der Waals surface area contributed by atoms with Crippen molar-refractivity contribution in [2.45, 2.75) is 4.34 Å². The van der Waals surface area contributed by atoms with Gasteiger partial charge in [0.1, 0.15) is 0 Å². The van der Waals surface area contributed by atoms with E-state index in [9.17, 15) is 4.79 Å². The second-order valence-corrected chi connectivity index (χ2v) is 7.66. The first-order valence-corrected chi connectivity index (χ1v) is 9.61. The average Bonchev–Trinajstić information content (AvgIpc) is 3.04. The molecule has 0 aliphatic heterocycles. The van der Waals surface area contributed by atoms with E-state index >= 15 is 0 Å². The minimum atomic E-state index is -0.204. The highest BCUT2D eigenvalue weighted by atomic mass is 35.5. The van der Waals surface area contributed by atoms with Gasteiger partial charge in [0.25, 0.3) is 5.91 Å². The van der Waals surface area contributed by atoms with Gasteiger partial charge in [-0.15, -0.1) is 11.3 Å². The number of hydrogen-bond acceptors (Lipinski definition) is 5. The molecule has 3 aromatic rings. The van der Waals surface area contributed by atoms with Crippen molar-refractivity contribution in [1.29, 1.82) is 0 Å². The van der Waals surface area contributed by atoms with Crippen LogP contribution in [0.2, 0.25) is 0 Å². The quantitative estimate of drug-likeness (QED) is 0.376. The molecule has 1 heterocycles. The third-order valence-corrected chi connectivity index (χ3v) is 5.47. The Labute approximate surface area is 158 Å². The van der Waals surface area contributed by atoms with E-state index in [-0.39, 0.29) is 11.7 Å². The van der Waals surface area contributed by atoms with Crippen LogP contribution in [0.3, 0.4) is 0 Å². The van der Waals surface area contributed by atoms with Gasteiger partial charge in [-0.1, -0.05) is 65.8 Å². The number of nitrogens with zero attached hydrogens (tertiary/aromatic N) is 2. The van der Waals surface area contributed by atoms with E-state index in [1.54, 1.807) is 17.4 Å². The summed E-state index contributed by atoms with van der Waals surface area (Å²) in [7, 11) is 0. The summed E-state index contributed by atoms with van der Waals surface area (Å²) in [6.07, 6.45) is 3.18. The Morgan fingerprint density at radius 2 is 1.96 bits per heavy atom. The molecular formula is C18H14ClN3OS2. The van der Waals surface area contributed by atoms with Crippen LogP contribution >= 0.6 is 34.7 Å². The molecular weight excluding hydrogens is 374 g/mol. The van der Waals surface area contributed by atoms with Crippen LogP contribution in [0.4, 0.5) is 0 Å². The van der Waals surface area contributed by atoms with Gasteiger partial charge in [0, 0.05) is 0 Å². The lowest BCUT2D eigenvalue weighted by Crippen LogP contribution is -2.19. The zero-order valence-corrected chi connectivity index (χ0v) is 15.4. The Hall–Kier alpha value is -2.15. The number of hydrazone groups is 1. The summed E-state index contributed by atoms with van der Waals surface area (Å²) in [5.74, 6) is 0.0432. The lowest BCUT2D eigenvalue weighted by atomic mass is 10.2. The largest absolute Gasteiger partial charge is 0.272 e. The Morgan fingerprint density at radius 1 is 1.20 bits per heavy atom. The number of hydrogen-bond donors (Lipinski definition) is 1. The van der Waals surface area contributed by atoms with Crippen molar-refractivity contribution in [1.82, 2.24) is 10.4 Å². The van der Waals surface area contributed by atoms with E-state index < -0.39 is 0 Å². The summed E-state index contributed by atoms with van der Waals surface area (Å²) < 4.78 is 1.98. The standard InChI is InChI=1S/C18H14ClN3OS2/c19-14(10-13-6-2-1-3-7-13)11-20-22-17(23)12-24-18-21-15-8-4-5-9-16(15)25-18/h1-11H,12H2,(H,22,23). The van der Waals surface area contributed by atoms with Gasteiger partial charge < -0.3 is 0 Å². The minimum absolute atomic E-state index is 0.204. The number of benzene rings is 2. The van der Waals surface area contributed by atoms with Gasteiger partial charge in [-0.2, -0.15) is 5.10 Å². The first kappa shape index (κ1) is 17.7. The van der Waals surface area contributed by atoms with Crippen LogP contribution in [0.1, 0.15) is 5.56 Å². The normalized spacial score (nSPS) is 12.0. The maximum Gasteiger partial charge on any atom is 0.250 e. The van der Waals surface area contributed by atoms with E-state index in [2.05, 4.69) is 15.5 Å². The van der Waals surface area contributed by atoms with Gasteiger partial charge in [-0.05, 0) is 23.8 Å². The third-order valence-electron chi connectivity index (χ3n) is 3.08. The molecule has 0 saturated carbocycles. The van der Waals surface area contributed by atoms with Crippen LogP contribution in [-0.2, 0) is 4.79 Å². The molecule has 1 N–H and O–H groups in total. The fraction of sp³-hybridized carbons (Fsp3) is 0.0556. The smallest absolute Gasteiger partial charge is 0.250 e. The molecule has 7 heteroatoms. The molecule has 0 aliphatic rings. The molecule has 2 aromatic carbocycles. The summed E-state index contributed by atoms with van der Waals surface area (Å²) in [5.41, 5.74) is 4.38. The molecule has 4 nitrogen and oxygen atoms in total. The van der Waals surface area contributed by atoms with Gasteiger partial charge >= 0.3 is 0 Å². The lowest BCUT2D eigenvalue weighted by Gasteiger charge is -1.97. The van der Waals surface area contributed by atoms with Crippen molar-refractivity contribution < 1.29 is 4.79 Å². The minimum Gasteiger partial charge on any atom is -0.272 e. The van der Waals surface area contributed by atoms with Gasteiger partial charge in [0.15, 0.2) is 4.34 Å². The summed E-state index contributed by atoms with van der Waals surface area (Å²) in [6, 6.07) is 17.6. The summed E-state index contributed by atoms with van der Waals surface area (Å²) in [6.45, 7) is 0. The van der Waals surface area contributed by atoms with E-state index in [1.807, 2.05) is 54.6 Å².